The van der Waals surface area contributed by atoms with Gasteiger partial charge in [-0.25, -0.2) is 9.67 Å². The Balaban J connectivity index is 2.30. The highest BCUT2D eigenvalue weighted by Crippen LogP contribution is 2.23. The Morgan fingerprint density at radius 2 is 2.35 bits per heavy atom. The first-order valence-corrected chi connectivity index (χ1v) is 5.58. The smallest absolute Gasteiger partial charge is 0.262 e. The highest BCUT2D eigenvalue weighted by Gasteiger charge is 2.17. The van der Waals surface area contributed by atoms with Gasteiger partial charge >= 0.3 is 0 Å². The molecule has 17 heavy (non-hydrogen) atoms. The molecule has 0 amide bonds. The largest absolute Gasteiger partial charge is 0.313 e. The van der Waals surface area contributed by atoms with E-state index in [0.29, 0.717) is 11.0 Å². The summed E-state index contributed by atoms with van der Waals surface area (Å²) in [6.45, 7) is 1.74. The Hall–Kier alpha value is -1.95. The Bertz CT molecular complexity index is 651. The van der Waals surface area contributed by atoms with Crippen LogP contribution < -0.4 is 10.9 Å². The molecule has 0 saturated carbocycles. The molecule has 1 aliphatic rings. The lowest BCUT2D eigenvalue weighted by Gasteiger charge is -2.11. The van der Waals surface area contributed by atoms with E-state index in [9.17, 15) is 4.79 Å². The van der Waals surface area contributed by atoms with Crippen molar-refractivity contribution in [1.82, 2.24) is 25.1 Å². The lowest BCUT2D eigenvalue weighted by molar-refractivity contribution is 0.729. The number of rotatable bonds is 1. The monoisotopic (exact) mass is 231 g/mol. The highest BCUT2D eigenvalue weighted by molar-refractivity contribution is 5.87. The van der Waals surface area contributed by atoms with Crippen LogP contribution in [0.15, 0.2) is 17.2 Å². The fourth-order valence-electron chi connectivity index (χ4n) is 2.16. The molecule has 88 valence electrons. The Labute approximate surface area is 97.4 Å². The fourth-order valence-corrected chi connectivity index (χ4v) is 2.16. The second kappa shape index (κ2) is 3.81. The molecule has 2 aromatic heterocycles. The van der Waals surface area contributed by atoms with Gasteiger partial charge in [0.25, 0.3) is 5.56 Å². The zero-order chi connectivity index (χ0) is 11.8. The second-order valence-corrected chi connectivity index (χ2v) is 4.09. The molecule has 0 spiro atoms. The van der Waals surface area contributed by atoms with Crippen molar-refractivity contribution in [2.45, 2.75) is 6.42 Å². The van der Waals surface area contributed by atoms with Gasteiger partial charge < -0.3 is 10.3 Å². The van der Waals surface area contributed by atoms with Crippen LogP contribution in [0.5, 0.6) is 0 Å². The average Bonchev–Trinajstić information content (AvgIpc) is 2.70. The van der Waals surface area contributed by atoms with E-state index in [-0.39, 0.29) is 5.56 Å². The van der Waals surface area contributed by atoms with Crippen LogP contribution in [0.4, 0.5) is 0 Å². The number of hydrogen-bond donors (Lipinski definition) is 2. The summed E-state index contributed by atoms with van der Waals surface area (Å²) in [6, 6.07) is 0. The third-order valence-electron chi connectivity index (χ3n) is 2.99. The minimum Gasteiger partial charge on any atom is -0.313 e. The summed E-state index contributed by atoms with van der Waals surface area (Å²) in [5.74, 6) is 0. The molecule has 6 heteroatoms. The number of hydrogen-bond acceptors (Lipinski definition) is 4. The van der Waals surface area contributed by atoms with Gasteiger partial charge in [-0.1, -0.05) is 6.08 Å². The zero-order valence-corrected chi connectivity index (χ0v) is 9.53. The van der Waals surface area contributed by atoms with Crippen molar-refractivity contribution >= 4 is 16.6 Å². The molecule has 0 aromatic carbocycles. The molecule has 0 unspecified atom stereocenters. The molecule has 0 atom stereocenters. The van der Waals surface area contributed by atoms with E-state index >= 15 is 0 Å². The molecule has 0 saturated heterocycles. The van der Waals surface area contributed by atoms with Crippen LogP contribution in [0.25, 0.3) is 16.6 Å². The normalized spacial score (nSPS) is 16.2. The Morgan fingerprint density at radius 3 is 3.12 bits per heavy atom. The van der Waals surface area contributed by atoms with E-state index < -0.39 is 0 Å². The molecule has 0 fully saturated rings. The van der Waals surface area contributed by atoms with E-state index in [1.165, 1.54) is 6.33 Å². The van der Waals surface area contributed by atoms with Gasteiger partial charge in [0.2, 0.25) is 0 Å². The van der Waals surface area contributed by atoms with Gasteiger partial charge in [-0.3, -0.25) is 4.79 Å². The minimum absolute atomic E-state index is 0.127. The Morgan fingerprint density at radius 1 is 1.47 bits per heavy atom. The summed E-state index contributed by atoms with van der Waals surface area (Å²) >= 11 is 0. The summed E-state index contributed by atoms with van der Waals surface area (Å²) < 4.78 is 1.66. The van der Waals surface area contributed by atoms with E-state index in [1.54, 1.807) is 11.7 Å². The molecular weight excluding hydrogens is 218 g/mol. The summed E-state index contributed by atoms with van der Waals surface area (Å²) in [6.07, 6.45) is 4.38. The maximum Gasteiger partial charge on any atom is 0.262 e. The predicted octanol–water partition coefficient (Wildman–Crippen LogP) is 0.0333. The molecule has 6 nitrogen and oxygen atoms in total. The maximum atomic E-state index is 11.9. The molecule has 0 radical (unpaired) electrons. The molecule has 3 heterocycles. The fraction of sp³-hybridized carbons (Fsp3) is 0.364. The van der Waals surface area contributed by atoms with Crippen molar-refractivity contribution in [1.29, 1.82) is 0 Å². The van der Waals surface area contributed by atoms with Crippen LogP contribution in [0.1, 0.15) is 12.1 Å². The van der Waals surface area contributed by atoms with Crippen LogP contribution in [-0.2, 0) is 7.05 Å². The second-order valence-electron chi connectivity index (χ2n) is 4.09. The minimum atomic E-state index is -0.127. The van der Waals surface area contributed by atoms with Crippen LogP contribution in [0, 0.1) is 0 Å². The molecule has 3 rings (SSSR count). The first kappa shape index (κ1) is 10.2. The van der Waals surface area contributed by atoms with Gasteiger partial charge in [0.15, 0.2) is 5.65 Å². The Kier molecular flexibility index (Phi) is 2.29. The standard InChI is InChI=1S/C11H13N5O/c1-16-10-8(11(17)14-6-13-10)9(15-16)7-2-4-12-5-3-7/h2,6,12H,3-5H2,1H3,(H,13,14,17). The third kappa shape index (κ3) is 1.57. The van der Waals surface area contributed by atoms with Crippen molar-refractivity contribution in [2.24, 2.45) is 7.05 Å². The quantitative estimate of drug-likeness (QED) is 0.726. The summed E-state index contributed by atoms with van der Waals surface area (Å²) in [5.41, 5.74) is 2.38. The lowest BCUT2D eigenvalue weighted by atomic mass is 10.0. The van der Waals surface area contributed by atoms with Gasteiger partial charge in [0.05, 0.1) is 6.33 Å². The van der Waals surface area contributed by atoms with Crippen LogP contribution in [0.3, 0.4) is 0 Å². The third-order valence-corrected chi connectivity index (χ3v) is 2.99. The highest BCUT2D eigenvalue weighted by atomic mass is 16.1. The van der Waals surface area contributed by atoms with Crippen molar-refractivity contribution < 1.29 is 0 Å². The maximum absolute atomic E-state index is 11.9. The summed E-state index contributed by atoms with van der Waals surface area (Å²) in [5, 5.41) is 8.24. The van der Waals surface area contributed by atoms with Crippen molar-refractivity contribution in [3.63, 3.8) is 0 Å². The van der Waals surface area contributed by atoms with Crippen LogP contribution in [0.2, 0.25) is 0 Å². The number of aromatic amines is 1. The summed E-state index contributed by atoms with van der Waals surface area (Å²) in [7, 11) is 1.81. The van der Waals surface area contributed by atoms with E-state index in [2.05, 4.69) is 26.5 Å². The predicted molar refractivity (Wildman–Crippen MR) is 64.6 cm³/mol. The first-order valence-electron chi connectivity index (χ1n) is 5.58. The van der Waals surface area contributed by atoms with Crippen molar-refractivity contribution in [2.75, 3.05) is 13.1 Å². The van der Waals surface area contributed by atoms with E-state index in [0.717, 1.165) is 30.8 Å². The van der Waals surface area contributed by atoms with Crippen molar-refractivity contribution in [3.05, 3.63) is 28.5 Å². The topological polar surface area (TPSA) is 75.6 Å². The van der Waals surface area contributed by atoms with Crippen LogP contribution in [-0.4, -0.2) is 32.8 Å². The summed E-state index contributed by atoms with van der Waals surface area (Å²) in [4.78, 5) is 18.6. The number of fused-ring (bicyclic) bond motifs is 1. The molecule has 0 bridgehead atoms. The zero-order valence-electron chi connectivity index (χ0n) is 9.53. The van der Waals surface area contributed by atoms with Crippen molar-refractivity contribution in [3.8, 4) is 0 Å². The van der Waals surface area contributed by atoms with Gasteiger partial charge in [-0.15, -0.1) is 0 Å². The number of nitrogens with zero attached hydrogens (tertiary/aromatic N) is 3. The van der Waals surface area contributed by atoms with E-state index in [1.807, 2.05) is 0 Å². The molecule has 2 N–H and O–H groups in total. The molecule has 0 aliphatic carbocycles. The molecular formula is C11H13N5O. The number of aryl methyl sites for hydroxylation is 1. The van der Waals surface area contributed by atoms with Gasteiger partial charge in [0, 0.05) is 13.6 Å². The van der Waals surface area contributed by atoms with Gasteiger partial charge in [-0.2, -0.15) is 5.10 Å². The number of nitrogens with one attached hydrogen (secondary N) is 2. The number of H-pyrrole nitrogens is 1. The number of aromatic nitrogens is 4. The molecule has 1 aliphatic heterocycles. The average molecular weight is 231 g/mol. The van der Waals surface area contributed by atoms with Gasteiger partial charge in [-0.05, 0) is 18.5 Å². The molecule has 2 aromatic rings. The van der Waals surface area contributed by atoms with E-state index in [4.69, 9.17) is 0 Å². The van der Waals surface area contributed by atoms with Crippen LogP contribution >= 0.6 is 0 Å². The SMILES string of the molecule is Cn1nc(C2=CCNCC2)c2c(=O)[nH]cnc21. The first-order chi connectivity index (χ1) is 8.27. The lowest BCUT2D eigenvalue weighted by Crippen LogP contribution is -2.20. The van der Waals surface area contributed by atoms with Gasteiger partial charge in [0.1, 0.15) is 11.1 Å².